The predicted molar refractivity (Wildman–Crippen MR) is 151 cm³/mol. The van der Waals surface area contributed by atoms with Crippen LogP contribution in [0.1, 0.15) is 70.4 Å². The summed E-state index contributed by atoms with van der Waals surface area (Å²) in [5.41, 5.74) is 6.03. The van der Waals surface area contributed by atoms with Gasteiger partial charge >= 0.3 is 5.97 Å². The van der Waals surface area contributed by atoms with Gasteiger partial charge in [-0.05, 0) is 74.4 Å². The van der Waals surface area contributed by atoms with Crippen molar-refractivity contribution in [3.8, 4) is 5.75 Å². The molecular weight excluding hydrogens is 476 g/mol. The number of Topliss-reactive ketones (excluding diaryl/α,β-unsaturated/α-hetero) is 1. The maximum Gasteiger partial charge on any atom is 0.336 e. The fourth-order valence-corrected chi connectivity index (χ4v) is 5.54. The van der Waals surface area contributed by atoms with Gasteiger partial charge in [0.15, 0.2) is 5.78 Å². The molecule has 0 amide bonds. The zero-order chi connectivity index (χ0) is 27.4. The second-order valence-corrected chi connectivity index (χ2v) is 10.5. The lowest BCUT2D eigenvalue weighted by Crippen LogP contribution is -2.36. The van der Waals surface area contributed by atoms with Crippen LogP contribution in [0.2, 0.25) is 0 Å². The van der Waals surface area contributed by atoms with Crippen LogP contribution in [-0.4, -0.2) is 38.6 Å². The summed E-state index contributed by atoms with van der Waals surface area (Å²) in [5.74, 6) is 0.327. The van der Waals surface area contributed by atoms with Gasteiger partial charge in [0.2, 0.25) is 0 Å². The Morgan fingerprint density at radius 3 is 2.21 bits per heavy atom. The van der Waals surface area contributed by atoms with Crippen LogP contribution < -0.4 is 15.0 Å². The number of hydrogen-bond acceptors (Lipinski definition) is 6. The summed E-state index contributed by atoms with van der Waals surface area (Å²) in [4.78, 5) is 29.5. The number of carbonyl (C=O) groups is 2. The maximum absolute atomic E-state index is 13.8. The predicted octanol–water partition coefficient (Wildman–Crippen LogP) is 6.10. The molecule has 2 aromatic carbocycles. The quantitative estimate of drug-likeness (QED) is 0.406. The molecule has 0 saturated heterocycles. The first-order valence-electron chi connectivity index (χ1n) is 13.7. The van der Waals surface area contributed by atoms with E-state index in [2.05, 4.69) is 48.3 Å². The molecule has 1 N–H and O–H groups in total. The number of anilines is 1. The molecule has 1 aliphatic heterocycles. The first kappa shape index (κ1) is 27.5. The van der Waals surface area contributed by atoms with Crippen LogP contribution in [0.25, 0.3) is 0 Å². The molecular formula is C32H40N2O4. The van der Waals surface area contributed by atoms with Crippen molar-refractivity contribution in [1.82, 2.24) is 5.32 Å². The molecule has 1 aliphatic carbocycles. The van der Waals surface area contributed by atoms with Crippen molar-refractivity contribution in [3.05, 3.63) is 82.2 Å². The van der Waals surface area contributed by atoms with E-state index in [4.69, 9.17) is 9.47 Å². The number of nitrogens with one attached hydrogen (secondary N) is 1. The summed E-state index contributed by atoms with van der Waals surface area (Å²) in [6.07, 6.45) is 1.10. The topological polar surface area (TPSA) is 67.9 Å². The van der Waals surface area contributed by atoms with Crippen molar-refractivity contribution in [1.29, 1.82) is 0 Å². The van der Waals surface area contributed by atoms with E-state index in [-0.39, 0.29) is 23.6 Å². The van der Waals surface area contributed by atoms with Gasteiger partial charge in [-0.25, -0.2) is 4.79 Å². The van der Waals surface area contributed by atoms with Crippen LogP contribution in [-0.2, 0) is 14.3 Å². The van der Waals surface area contributed by atoms with E-state index in [0.29, 0.717) is 30.6 Å². The summed E-state index contributed by atoms with van der Waals surface area (Å²) in [6.45, 7) is 12.4. The minimum Gasteiger partial charge on any atom is -0.497 e. The number of dihydropyridines is 1. The monoisotopic (exact) mass is 516 g/mol. The van der Waals surface area contributed by atoms with Crippen LogP contribution in [0, 0.1) is 5.92 Å². The van der Waals surface area contributed by atoms with Gasteiger partial charge in [-0.3, -0.25) is 4.79 Å². The van der Waals surface area contributed by atoms with Crippen LogP contribution in [0.15, 0.2) is 71.1 Å². The third kappa shape index (κ3) is 5.64. The zero-order valence-corrected chi connectivity index (χ0v) is 23.5. The highest BCUT2D eigenvalue weighted by molar-refractivity contribution is 6.04. The standard InChI is InChI=1S/C32H40N2O4/c1-7-34(8-2)25-13-9-23(10-14-25)30-29(32(36)38-19-20(3)4)21(5)33-27-17-24(18-28(35)31(27)30)22-11-15-26(37-6)16-12-22/h9-16,20,24,30,33H,7-8,17-19H2,1-6H3/t24-,30-/m0/s1. The highest BCUT2D eigenvalue weighted by Gasteiger charge is 2.41. The zero-order valence-electron chi connectivity index (χ0n) is 23.5. The molecule has 4 rings (SSSR count). The number of allylic oxidation sites excluding steroid dienone is 3. The number of hydrogen-bond donors (Lipinski definition) is 1. The third-order valence-electron chi connectivity index (χ3n) is 7.54. The van der Waals surface area contributed by atoms with E-state index < -0.39 is 5.92 Å². The molecule has 0 spiro atoms. The molecule has 2 atom stereocenters. The molecule has 6 nitrogen and oxygen atoms in total. The molecule has 0 bridgehead atoms. The SMILES string of the molecule is CCN(CC)c1ccc([C@H]2C(C(=O)OCC(C)C)=C(C)NC3=C2C(=O)C[C@@H](c2ccc(OC)cc2)C3)cc1. The fraction of sp³-hybridized carbons (Fsp3) is 0.438. The van der Waals surface area contributed by atoms with Crippen LogP contribution in [0.3, 0.4) is 0 Å². The molecule has 2 aromatic rings. The minimum atomic E-state index is -0.457. The summed E-state index contributed by atoms with van der Waals surface area (Å²) in [6, 6.07) is 16.2. The van der Waals surface area contributed by atoms with E-state index in [9.17, 15) is 9.59 Å². The van der Waals surface area contributed by atoms with Gasteiger partial charge in [0, 0.05) is 48.1 Å². The third-order valence-corrected chi connectivity index (χ3v) is 7.54. The summed E-state index contributed by atoms with van der Waals surface area (Å²) in [7, 11) is 1.65. The molecule has 1 heterocycles. The summed E-state index contributed by atoms with van der Waals surface area (Å²) >= 11 is 0. The van der Waals surface area contributed by atoms with Gasteiger partial charge in [-0.2, -0.15) is 0 Å². The number of rotatable bonds is 9. The Morgan fingerprint density at radius 1 is 1.00 bits per heavy atom. The molecule has 6 heteroatoms. The number of nitrogens with zero attached hydrogens (tertiary/aromatic N) is 1. The van der Waals surface area contributed by atoms with E-state index in [1.165, 1.54) is 0 Å². The Morgan fingerprint density at radius 2 is 1.63 bits per heavy atom. The molecule has 202 valence electrons. The fourth-order valence-electron chi connectivity index (χ4n) is 5.54. The molecule has 0 radical (unpaired) electrons. The van der Waals surface area contributed by atoms with E-state index in [0.717, 1.165) is 47.0 Å². The van der Waals surface area contributed by atoms with Crippen LogP contribution in [0.4, 0.5) is 5.69 Å². The highest BCUT2D eigenvalue weighted by Crippen LogP contribution is 2.46. The van der Waals surface area contributed by atoms with Crippen molar-refractivity contribution in [2.24, 2.45) is 5.92 Å². The number of carbonyl (C=O) groups excluding carboxylic acids is 2. The van der Waals surface area contributed by atoms with Gasteiger partial charge < -0.3 is 19.7 Å². The Hall–Kier alpha value is -3.54. The molecule has 0 fully saturated rings. The smallest absolute Gasteiger partial charge is 0.336 e. The second-order valence-electron chi connectivity index (χ2n) is 10.5. The van der Waals surface area contributed by atoms with E-state index in [1.807, 2.05) is 45.0 Å². The first-order chi connectivity index (χ1) is 18.3. The minimum absolute atomic E-state index is 0.0626. The Balaban J connectivity index is 1.74. The van der Waals surface area contributed by atoms with Crippen molar-refractivity contribution in [2.45, 2.75) is 59.3 Å². The van der Waals surface area contributed by atoms with Crippen molar-refractivity contribution in [3.63, 3.8) is 0 Å². The lowest BCUT2D eigenvalue weighted by Gasteiger charge is -2.37. The molecule has 0 aromatic heterocycles. The van der Waals surface area contributed by atoms with Crippen molar-refractivity contribution in [2.75, 3.05) is 31.7 Å². The summed E-state index contributed by atoms with van der Waals surface area (Å²) in [5, 5.41) is 3.44. The van der Waals surface area contributed by atoms with Gasteiger partial charge in [0.25, 0.3) is 0 Å². The first-order valence-corrected chi connectivity index (χ1v) is 13.7. The lowest BCUT2D eigenvalue weighted by atomic mass is 9.71. The van der Waals surface area contributed by atoms with Crippen LogP contribution >= 0.6 is 0 Å². The molecule has 0 saturated carbocycles. The Labute approximate surface area is 226 Å². The Bertz CT molecular complexity index is 1220. The molecule has 38 heavy (non-hydrogen) atoms. The maximum atomic E-state index is 13.8. The number of methoxy groups -OCH3 is 1. The van der Waals surface area contributed by atoms with E-state index >= 15 is 0 Å². The number of benzene rings is 2. The van der Waals surface area contributed by atoms with Crippen LogP contribution in [0.5, 0.6) is 5.75 Å². The highest BCUT2D eigenvalue weighted by atomic mass is 16.5. The average Bonchev–Trinajstić information content (AvgIpc) is 2.92. The second kappa shape index (κ2) is 11.9. The molecule has 0 unspecified atom stereocenters. The van der Waals surface area contributed by atoms with Crippen molar-refractivity contribution < 1.29 is 19.1 Å². The van der Waals surface area contributed by atoms with Gasteiger partial charge in [0.05, 0.1) is 19.3 Å². The summed E-state index contributed by atoms with van der Waals surface area (Å²) < 4.78 is 11.0. The van der Waals surface area contributed by atoms with Gasteiger partial charge in [-0.15, -0.1) is 0 Å². The Kier molecular flexibility index (Phi) is 8.60. The van der Waals surface area contributed by atoms with Crippen molar-refractivity contribution >= 4 is 17.4 Å². The molecule has 2 aliphatic rings. The van der Waals surface area contributed by atoms with Gasteiger partial charge in [-0.1, -0.05) is 38.1 Å². The number of ether oxygens (including phenoxy) is 2. The number of ketones is 1. The average molecular weight is 517 g/mol. The van der Waals surface area contributed by atoms with E-state index in [1.54, 1.807) is 7.11 Å². The lowest BCUT2D eigenvalue weighted by molar-refractivity contribution is -0.140. The largest absolute Gasteiger partial charge is 0.497 e. The number of esters is 1. The van der Waals surface area contributed by atoms with Gasteiger partial charge in [0.1, 0.15) is 5.75 Å². The normalized spacial score (nSPS) is 19.3.